The number of nitrogens with one attached hydrogen (secondary N) is 1. The molecule has 1 heterocycles. The number of rotatable bonds is 1. The van der Waals surface area contributed by atoms with Crippen LogP contribution in [0.2, 0.25) is 0 Å². The Morgan fingerprint density at radius 3 is 1.82 bits per heavy atom. The number of H-pyrrole nitrogens is 1. The van der Waals surface area contributed by atoms with Crippen LogP contribution in [0.3, 0.4) is 0 Å². The van der Waals surface area contributed by atoms with Crippen molar-refractivity contribution < 1.29 is 19.1 Å². The summed E-state index contributed by atoms with van der Waals surface area (Å²) in [4.78, 5) is 39.1. The molecular weight excluding hydrogens is 288 g/mol. The minimum absolute atomic E-state index is 0.0762. The Balaban J connectivity index is 3.18. The first-order valence-electron chi connectivity index (χ1n) is 6.84. The van der Waals surface area contributed by atoms with Crippen LogP contribution in [-0.4, -0.2) is 28.4 Å². The van der Waals surface area contributed by atoms with Gasteiger partial charge in [0.25, 0.3) is 0 Å². The van der Waals surface area contributed by atoms with Crippen molar-refractivity contribution in [2.75, 3.05) is 4.90 Å². The summed E-state index contributed by atoms with van der Waals surface area (Å²) < 4.78 is 10.4. The smallest absolute Gasteiger partial charge is 0.424 e. The highest BCUT2D eigenvalue weighted by Gasteiger charge is 2.32. The number of aromatic amines is 1. The second-order valence-corrected chi connectivity index (χ2v) is 6.71. The highest BCUT2D eigenvalue weighted by Crippen LogP contribution is 2.20. The van der Waals surface area contributed by atoms with Crippen molar-refractivity contribution >= 4 is 17.9 Å². The van der Waals surface area contributed by atoms with Gasteiger partial charge in [-0.25, -0.2) is 9.59 Å². The fraction of sp³-hybridized carbons (Fsp3) is 0.533. The Kier molecular flexibility index (Phi) is 5.01. The van der Waals surface area contributed by atoms with Gasteiger partial charge in [-0.1, -0.05) is 0 Å². The van der Waals surface area contributed by atoms with E-state index in [1.165, 1.54) is 12.3 Å². The summed E-state index contributed by atoms with van der Waals surface area (Å²) in [5, 5.41) is 0. The molecule has 0 radical (unpaired) electrons. The average Bonchev–Trinajstić information content (AvgIpc) is 2.23. The van der Waals surface area contributed by atoms with Crippen molar-refractivity contribution in [1.29, 1.82) is 0 Å². The van der Waals surface area contributed by atoms with Gasteiger partial charge in [0.15, 0.2) is 0 Å². The van der Waals surface area contributed by atoms with E-state index in [1.54, 1.807) is 41.5 Å². The molecule has 0 unspecified atom stereocenters. The van der Waals surface area contributed by atoms with E-state index in [1.807, 2.05) is 0 Å². The van der Waals surface area contributed by atoms with Crippen LogP contribution >= 0.6 is 0 Å². The maximum atomic E-state index is 12.3. The molecule has 2 amide bonds. The quantitative estimate of drug-likeness (QED) is 0.861. The van der Waals surface area contributed by atoms with Crippen molar-refractivity contribution in [3.05, 3.63) is 28.7 Å². The zero-order valence-corrected chi connectivity index (χ0v) is 13.7. The van der Waals surface area contributed by atoms with Gasteiger partial charge in [-0.3, -0.25) is 4.79 Å². The first-order chi connectivity index (χ1) is 9.89. The van der Waals surface area contributed by atoms with Crippen molar-refractivity contribution in [2.24, 2.45) is 0 Å². The third-order valence-electron chi connectivity index (χ3n) is 2.17. The molecule has 1 rings (SSSR count). The molecule has 1 N–H and O–H groups in total. The van der Waals surface area contributed by atoms with Crippen LogP contribution in [0, 0.1) is 0 Å². The Morgan fingerprint density at radius 2 is 1.45 bits per heavy atom. The maximum absolute atomic E-state index is 12.3. The van der Waals surface area contributed by atoms with E-state index in [-0.39, 0.29) is 5.69 Å². The lowest BCUT2D eigenvalue weighted by Gasteiger charge is -2.28. The number of hydrogen-bond acceptors (Lipinski definition) is 5. The van der Waals surface area contributed by atoms with Crippen molar-refractivity contribution in [2.45, 2.75) is 52.7 Å². The number of aromatic nitrogens is 1. The van der Waals surface area contributed by atoms with Crippen molar-refractivity contribution in [3.63, 3.8) is 0 Å². The Morgan fingerprint density at radius 1 is 1.00 bits per heavy atom. The summed E-state index contributed by atoms with van der Waals surface area (Å²) in [5.74, 6) is 0. The minimum Gasteiger partial charge on any atom is -0.443 e. The molecule has 122 valence electrons. The molecule has 0 bridgehead atoms. The zero-order valence-electron chi connectivity index (χ0n) is 13.7. The van der Waals surface area contributed by atoms with Gasteiger partial charge in [0.1, 0.15) is 11.2 Å². The molecule has 22 heavy (non-hydrogen) atoms. The summed E-state index contributed by atoms with van der Waals surface area (Å²) in [7, 11) is 0. The van der Waals surface area contributed by atoms with Gasteiger partial charge >= 0.3 is 12.2 Å². The lowest BCUT2D eigenvalue weighted by atomic mass is 10.2. The van der Waals surface area contributed by atoms with Gasteiger partial charge in [-0.15, -0.1) is 0 Å². The van der Waals surface area contributed by atoms with E-state index < -0.39 is 28.9 Å². The second-order valence-electron chi connectivity index (χ2n) is 6.71. The minimum atomic E-state index is -0.910. The molecule has 0 spiro atoms. The van der Waals surface area contributed by atoms with Gasteiger partial charge < -0.3 is 14.5 Å². The summed E-state index contributed by atoms with van der Waals surface area (Å²) >= 11 is 0. The van der Waals surface area contributed by atoms with Crippen molar-refractivity contribution in [1.82, 2.24) is 4.98 Å². The third kappa shape index (κ3) is 5.59. The van der Waals surface area contributed by atoms with Crippen LogP contribution in [0.1, 0.15) is 41.5 Å². The molecule has 0 atom stereocenters. The molecule has 0 aliphatic carbocycles. The lowest BCUT2D eigenvalue weighted by Crippen LogP contribution is -2.44. The number of nitrogens with zero attached hydrogens (tertiary/aromatic N) is 1. The predicted molar refractivity (Wildman–Crippen MR) is 82.0 cm³/mol. The van der Waals surface area contributed by atoms with Crippen LogP contribution in [0.5, 0.6) is 0 Å². The number of amides is 2. The number of hydrogen-bond donors (Lipinski definition) is 1. The molecule has 0 aliphatic heterocycles. The molecule has 0 aromatic carbocycles. The first-order valence-corrected chi connectivity index (χ1v) is 6.84. The third-order valence-corrected chi connectivity index (χ3v) is 2.17. The van der Waals surface area contributed by atoms with E-state index in [0.717, 1.165) is 6.07 Å². The Labute approximate surface area is 129 Å². The van der Waals surface area contributed by atoms with Gasteiger partial charge in [0, 0.05) is 12.3 Å². The molecule has 0 fully saturated rings. The molecule has 1 aromatic rings. The fourth-order valence-electron chi connectivity index (χ4n) is 1.47. The topological polar surface area (TPSA) is 88.7 Å². The van der Waals surface area contributed by atoms with E-state index in [4.69, 9.17) is 9.47 Å². The van der Waals surface area contributed by atoms with Crippen LogP contribution in [-0.2, 0) is 9.47 Å². The highest BCUT2D eigenvalue weighted by atomic mass is 16.6. The summed E-state index contributed by atoms with van der Waals surface area (Å²) in [6.07, 6.45) is -0.487. The van der Waals surface area contributed by atoms with Gasteiger partial charge in [-0.2, -0.15) is 4.90 Å². The summed E-state index contributed by atoms with van der Waals surface area (Å²) in [6.45, 7) is 10.1. The monoisotopic (exact) mass is 310 g/mol. The molecule has 0 saturated heterocycles. The summed E-state index contributed by atoms with van der Waals surface area (Å²) in [5.41, 5.74) is -1.96. The maximum Gasteiger partial charge on any atom is 0.424 e. The molecule has 0 aliphatic rings. The first kappa shape index (κ1) is 17.7. The summed E-state index contributed by atoms with van der Waals surface area (Å²) in [6, 6.07) is 2.53. The second kappa shape index (κ2) is 6.21. The average molecular weight is 310 g/mol. The number of ether oxygens (including phenoxy) is 2. The van der Waals surface area contributed by atoms with Gasteiger partial charge in [-0.05, 0) is 47.6 Å². The molecular formula is C15H22N2O5. The Bertz CT molecular complexity index is 579. The lowest BCUT2D eigenvalue weighted by molar-refractivity contribution is 0.0431. The van der Waals surface area contributed by atoms with Crippen LogP contribution in [0.4, 0.5) is 15.3 Å². The number of anilines is 1. The molecule has 0 saturated carbocycles. The normalized spacial score (nSPS) is 11.7. The standard InChI is InChI=1S/C15H22N2O5/c1-14(2,3)21-12(19)17(13(20)22-15(4,5)6)10-7-8-16-11(18)9-10/h7-9H,1-6H3,(H,16,18). The number of carbonyl (C=O) groups excluding carboxylic acids is 2. The highest BCUT2D eigenvalue weighted by molar-refractivity contribution is 6.09. The van der Waals surface area contributed by atoms with Gasteiger partial charge in [0.2, 0.25) is 5.56 Å². The number of imide groups is 1. The molecule has 7 heteroatoms. The largest absolute Gasteiger partial charge is 0.443 e. The number of pyridine rings is 1. The van der Waals surface area contributed by atoms with Gasteiger partial charge in [0.05, 0.1) is 5.69 Å². The molecule has 7 nitrogen and oxygen atoms in total. The van der Waals surface area contributed by atoms with Crippen LogP contribution in [0.25, 0.3) is 0 Å². The van der Waals surface area contributed by atoms with Crippen LogP contribution in [0.15, 0.2) is 23.1 Å². The Hall–Kier alpha value is -2.31. The van der Waals surface area contributed by atoms with E-state index in [0.29, 0.717) is 4.90 Å². The zero-order chi connectivity index (χ0) is 17.1. The number of carbonyl (C=O) groups is 2. The van der Waals surface area contributed by atoms with Crippen LogP contribution < -0.4 is 10.5 Å². The van der Waals surface area contributed by atoms with E-state index >= 15 is 0 Å². The van der Waals surface area contributed by atoms with E-state index in [9.17, 15) is 14.4 Å². The fourth-order valence-corrected chi connectivity index (χ4v) is 1.47. The van der Waals surface area contributed by atoms with Crippen molar-refractivity contribution in [3.8, 4) is 0 Å². The van der Waals surface area contributed by atoms with E-state index in [2.05, 4.69) is 4.98 Å². The molecule has 1 aromatic heterocycles. The SMILES string of the molecule is CC(C)(C)OC(=O)N(C(=O)OC(C)(C)C)c1cc[nH]c(=O)c1. The predicted octanol–water partition coefficient (Wildman–Crippen LogP) is 3.05.